The van der Waals surface area contributed by atoms with E-state index in [9.17, 15) is 9.59 Å². The molecule has 0 radical (unpaired) electrons. The molecule has 0 spiro atoms. The molecule has 92 valence electrons. The van der Waals surface area contributed by atoms with Crippen molar-refractivity contribution < 1.29 is 9.59 Å². The van der Waals surface area contributed by atoms with Gasteiger partial charge in [0.15, 0.2) is 0 Å². The molecule has 0 bridgehead atoms. The summed E-state index contributed by atoms with van der Waals surface area (Å²) in [5.74, 6) is -0.221. The molecule has 6 nitrogen and oxygen atoms in total. The second kappa shape index (κ2) is 4.84. The molecular formula is C12H12N4O2. The number of likely N-dealkylation sites (N-methyl/N-ethyl adjacent to an activating group) is 1. The summed E-state index contributed by atoms with van der Waals surface area (Å²) in [4.78, 5) is 30.1. The smallest absolute Gasteiger partial charge is 0.242 e. The molecule has 1 aromatic heterocycles. The van der Waals surface area contributed by atoms with Gasteiger partial charge in [-0.3, -0.25) is 9.59 Å². The Morgan fingerprint density at radius 1 is 1.39 bits per heavy atom. The average molecular weight is 244 g/mol. The van der Waals surface area contributed by atoms with Crippen molar-refractivity contribution in [2.75, 3.05) is 20.1 Å². The van der Waals surface area contributed by atoms with Crippen LogP contribution in [0.25, 0.3) is 0 Å². The van der Waals surface area contributed by atoms with Crippen LogP contribution in [0.15, 0.2) is 18.3 Å². The van der Waals surface area contributed by atoms with Gasteiger partial charge in [-0.25, -0.2) is 4.98 Å². The van der Waals surface area contributed by atoms with Crippen molar-refractivity contribution in [1.82, 2.24) is 14.8 Å². The first-order chi connectivity index (χ1) is 8.61. The highest BCUT2D eigenvalue weighted by Crippen LogP contribution is 2.11. The van der Waals surface area contributed by atoms with Crippen LogP contribution in [0, 0.1) is 11.3 Å². The number of amides is 2. The van der Waals surface area contributed by atoms with Crippen molar-refractivity contribution in [2.45, 2.75) is 6.54 Å². The number of aromatic nitrogens is 1. The quantitative estimate of drug-likeness (QED) is 0.719. The van der Waals surface area contributed by atoms with Gasteiger partial charge >= 0.3 is 0 Å². The average Bonchev–Trinajstić information content (AvgIpc) is 2.36. The Kier molecular flexibility index (Phi) is 3.24. The molecule has 1 aliphatic rings. The largest absolute Gasteiger partial charge is 0.335 e. The number of piperazine rings is 1. The van der Waals surface area contributed by atoms with Gasteiger partial charge in [0.25, 0.3) is 0 Å². The van der Waals surface area contributed by atoms with E-state index in [1.165, 1.54) is 16.0 Å². The van der Waals surface area contributed by atoms with Crippen molar-refractivity contribution in [3.63, 3.8) is 0 Å². The molecule has 18 heavy (non-hydrogen) atoms. The molecule has 0 atom stereocenters. The molecule has 2 amide bonds. The van der Waals surface area contributed by atoms with Crippen molar-refractivity contribution in [3.05, 3.63) is 29.6 Å². The van der Waals surface area contributed by atoms with Crippen LogP contribution in [0.1, 0.15) is 11.3 Å². The van der Waals surface area contributed by atoms with Gasteiger partial charge in [0.2, 0.25) is 11.8 Å². The summed E-state index contributed by atoms with van der Waals surface area (Å²) < 4.78 is 0. The second-order valence-corrected chi connectivity index (χ2v) is 4.12. The SMILES string of the molecule is CN1CC(=O)N(Cc2cccnc2C#N)CC1=O. The lowest BCUT2D eigenvalue weighted by atomic mass is 10.1. The molecule has 2 rings (SSSR count). The van der Waals surface area contributed by atoms with Gasteiger partial charge in [-0.2, -0.15) is 5.26 Å². The number of carbonyl (C=O) groups excluding carboxylic acids is 2. The minimum absolute atomic E-state index is 0.0507. The molecule has 1 aliphatic heterocycles. The normalized spacial score (nSPS) is 15.8. The summed E-state index contributed by atoms with van der Waals surface area (Å²) in [7, 11) is 1.60. The molecule has 2 heterocycles. The molecule has 0 aliphatic carbocycles. The molecule has 1 aromatic rings. The van der Waals surface area contributed by atoms with E-state index in [2.05, 4.69) is 4.98 Å². The fourth-order valence-electron chi connectivity index (χ4n) is 1.78. The van der Waals surface area contributed by atoms with Crippen molar-refractivity contribution in [2.24, 2.45) is 0 Å². The fraction of sp³-hybridized carbons (Fsp3) is 0.333. The maximum atomic E-state index is 11.8. The van der Waals surface area contributed by atoms with Crippen LogP contribution in [0.2, 0.25) is 0 Å². The van der Waals surface area contributed by atoms with Crippen LogP contribution in [0.5, 0.6) is 0 Å². The number of carbonyl (C=O) groups is 2. The summed E-state index contributed by atoms with van der Waals surface area (Å²) in [6.45, 7) is 0.380. The van der Waals surface area contributed by atoms with Gasteiger partial charge in [-0.1, -0.05) is 6.07 Å². The van der Waals surface area contributed by atoms with E-state index in [0.29, 0.717) is 5.56 Å². The number of pyridine rings is 1. The highest BCUT2D eigenvalue weighted by molar-refractivity contribution is 5.92. The number of nitrogens with zero attached hydrogens (tertiary/aromatic N) is 4. The molecule has 0 unspecified atom stereocenters. The highest BCUT2D eigenvalue weighted by Gasteiger charge is 2.27. The van der Waals surface area contributed by atoms with Gasteiger partial charge in [0, 0.05) is 25.4 Å². The number of hydrogen-bond acceptors (Lipinski definition) is 4. The lowest BCUT2D eigenvalue weighted by Crippen LogP contribution is -2.51. The third kappa shape index (κ3) is 2.30. The minimum atomic E-state index is -0.121. The van der Waals surface area contributed by atoms with Gasteiger partial charge in [0.1, 0.15) is 18.3 Å². The zero-order valence-corrected chi connectivity index (χ0v) is 9.96. The molecule has 0 N–H and O–H groups in total. The fourth-order valence-corrected chi connectivity index (χ4v) is 1.78. The molecule has 0 saturated carbocycles. The topological polar surface area (TPSA) is 77.3 Å². The van der Waals surface area contributed by atoms with Gasteiger partial charge in [-0.15, -0.1) is 0 Å². The van der Waals surface area contributed by atoms with E-state index in [1.807, 2.05) is 6.07 Å². The molecule has 1 saturated heterocycles. The van der Waals surface area contributed by atoms with E-state index in [4.69, 9.17) is 5.26 Å². The third-order valence-corrected chi connectivity index (χ3v) is 2.84. The summed E-state index contributed by atoms with van der Waals surface area (Å²) in [5, 5.41) is 8.92. The Morgan fingerprint density at radius 3 is 2.89 bits per heavy atom. The van der Waals surface area contributed by atoms with E-state index in [0.717, 1.165) is 0 Å². The molecule has 1 fully saturated rings. The first-order valence-corrected chi connectivity index (χ1v) is 5.47. The number of nitriles is 1. The van der Waals surface area contributed by atoms with Crippen molar-refractivity contribution in [1.29, 1.82) is 5.26 Å². The van der Waals surface area contributed by atoms with E-state index >= 15 is 0 Å². The second-order valence-electron chi connectivity index (χ2n) is 4.12. The number of rotatable bonds is 2. The molecule has 6 heteroatoms. The first-order valence-electron chi connectivity index (χ1n) is 5.47. The van der Waals surface area contributed by atoms with Crippen LogP contribution >= 0.6 is 0 Å². The number of hydrogen-bond donors (Lipinski definition) is 0. The van der Waals surface area contributed by atoms with E-state index in [-0.39, 0.29) is 37.1 Å². The van der Waals surface area contributed by atoms with Gasteiger partial charge in [-0.05, 0) is 6.07 Å². The maximum absolute atomic E-state index is 11.8. The van der Waals surface area contributed by atoms with Crippen molar-refractivity contribution in [3.8, 4) is 6.07 Å². The molecule has 0 aromatic carbocycles. The highest BCUT2D eigenvalue weighted by atomic mass is 16.2. The summed E-state index contributed by atoms with van der Waals surface area (Å²) in [6, 6.07) is 5.42. The predicted octanol–water partition coefficient (Wildman–Crippen LogP) is -0.246. The Labute approximate surface area is 104 Å². The maximum Gasteiger partial charge on any atom is 0.242 e. The standard InChI is InChI=1S/C12H12N4O2/c1-15-7-12(18)16(8-11(15)17)6-9-3-2-4-14-10(9)5-13/h2-4H,6-8H2,1H3. The van der Waals surface area contributed by atoms with E-state index < -0.39 is 0 Å². The summed E-state index contributed by atoms with van der Waals surface area (Å²) in [5.41, 5.74) is 0.947. The summed E-state index contributed by atoms with van der Waals surface area (Å²) >= 11 is 0. The van der Waals surface area contributed by atoms with Crippen LogP contribution in [-0.4, -0.2) is 46.7 Å². The zero-order valence-electron chi connectivity index (χ0n) is 9.96. The first kappa shape index (κ1) is 12.0. The Bertz CT molecular complexity index is 535. The Hall–Kier alpha value is -2.42. The lowest BCUT2D eigenvalue weighted by molar-refractivity contribution is -0.149. The van der Waals surface area contributed by atoms with Gasteiger partial charge in [0.05, 0.1) is 6.54 Å². The van der Waals surface area contributed by atoms with Crippen molar-refractivity contribution >= 4 is 11.8 Å². The van der Waals surface area contributed by atoms with Gasteiger partial charge < -0.3 is 9.80 Å². The summed E-state index contributed by atoms with van der Waals surface area (Å²) in [6.07, 6.45) is 1.53. The Balaban J connectivity index is 2.17. The van der Waals surface area contributed by atoms with E-state index in [1.54, 1.807) is 19.2 Å². The minimum Gasteiger partial charge on any atom is -0.335 e. The third-order valence-electron chi connectivity index (χ3n) is 2.84. The monoisotopic (exact) mass is 244 g/mol. The van der Waals surface area contributed by atoms with Crippen LogP contribution in [-0.2, 0) is 16.1 Å². The predicted molar refractivity (Wildman–Crippen MR) is 62.0 cm³/mol. The van der Waals surface area contributed by atoms with Crippen LogP contribution in [0.4, 0.5) is 0 Å². The van der Waals surface area contributed by atoms with Crippen LogP contribution in [0.3, 0.4) is 0 Å². The zero-order chi connectivity index (χ0) is 13.1. The molecular weight excluding hydrogens is 232 g/mol. The lowest BCUT2D eigenvalue weighted by Gasteiger charge is -2.31. The van der Waals surface area contributed by atoms with Crippen LogP contribution < -0.4 is 0 Å². The Morgan fingerprint density at radius 2 is 2.17 bits per heavy atom.